The highest BCUT2D eigenvalue weighted by molar-refractivity contribution is 5.70. The summed E-state index contributed by atoms with van der Waals surface area (Å²) in [6.45, 7) is 6.97. The Balaban J connectivity index is 1.40. The molecule has 2 heterocycles. The average molecular weight is 402 g/mol. The number of amides is 1. The maximum Gasteiger partial charge on any atom is 0.410 e. The van der Waals surface area contributed by atoms with Crippen molar-refractivity contribution >= 4 is 6.09 Å². The van der Waals surface area contributed by atoms with Crippen molar-refractivity contribution in [1.82, 2.24) is 4.90 Å². The summed E-state index contributed by atoms with van der Waals surface area (Å²) in [7, 11) is 0. The second kappa shape index (κ2) is 10.00. The first-order chi connectivity index (χ1) is 14.0. The number of carbonyl (C=O) groups is 1. The van der Waals surface area contributed by atoms with Crippen molar-refractivity contribution in [3.63, 3.8) is 0 Å². The van der Waals surface area contributed by atoms with E-state index in [1.165, 1.54) is 0 Å². The molecule has 6 nitrogen and oxygen atoms in total. The Hall–Kier alpha value is -2.23. The molecule has 0 radical (unpaired) electrons. The van der Waals surface area contributed by atoms with E-state index in [0.29, 0.717) is 26.2 Å². The van der Waals surface area contributed by atoms with Crippen molar-refractivity contribution in [2.75, 3.05) is 26.3 Å². The molecule has 2 aliphatic heterocycles. The van der Waals surface area contributed by atoms with E-state index in [4.69, 9.17) is 25.4 Å². The molecule has 0 saturated carbocycles. The summed E-state index contributed by atoms with van der Waals surface area (Å²) in [5, 5.41) is 0. The van der Waals surface area contributed by atoms with Gasteiger partial charge < -0.3 is 23.8 Å². The molecule has 1 amide bonds. The first kappa shape index (κ1) is 21.5. The summed E-state index contributed by atoms with van der Waals surface area (Å²) in [6.07, 6.45) is 9.51. The molecule has 6 heteroatoms. The third kappa shape index (κ3) is 6.12. The van der Waals surface area contributed by atoms with E-state index in [2.05, 4.69) is 5.92 Å². The summed E-state index contributed by atoms with van der Waals surface area (Å²) in [6, 6.07) is 5.94. The topological polar surface area (TPSA) is 57.2 Å². The van der Waals surface area contributed by atoms with E-state index < -0.39 is 5.79 Å². The lowest BCUT2D eigenvalue weighted by Crippen LogP contribution is -2.35. The van der Waals surface area contributed by atoms with E-state index >= 15 is 0 Å². The van der Waals surface area contributed by atoms with Gasteiger partial charge in [0.1, 0.15) is 11.9 Å². The third-order valence-corrected chi connectivity index (χ3v) is 5.13. The smallest absolute Gasteiger partial charge is 0.410 e. The predicted molar refractivity (Wildman–Crippen MR) is 109 cm³/mol. The van der Waals surface area contributed by atoms with Crippen molar-refractivity contribution in [3.8, 4) is 18.1 Å². The van der Waals surface area contributed by atoms with E-state index in [-0.39, 0.29) is 12.2 Å². The van der Waals surface area contributed by atoms with Crippen molar-refractivity contribution in [2.24, 2.45) is 0 Å². The number of fused-ring (bicyclic) bond motifs is 1. The normalized spacial score (nSPS) is 20.0. The maximum atomic E-state index is 12.2. The van der Waals surface area contributed by atoms with Gasteiger partial charge in [0.25, 0.3) is 0 Å². The van der Waals surface area contributed by atoms with E-state index in [1.54, 1.807) is 4.90 Å². The molecule has 0 unspecified atom stereocenters. The Morgan fingerprint density at radius 3 is 2.90 bits per heavy atom. The van der Waals surface area contributed by atoms with Crippen LogP contribution in [-0.4, -0.2) is 43.1 Å². The molecule has 0 aromatic heterocycles. The average Bonchev–Trinajstić information content (AvgIpc) is 3.06. The van der Waals surface area contributed by atoms with Gasteiger partial charge in [-0.15, -0.1) is 12.3 Å². The fraction of sp³-hybridized carbons (Fsp3) is 0.609. The molecule has 1 atom stereocenters. The fourth-order valence-electron chi connectivity index (χ4n) is 3.52. The summed E-state index contributed by atoms with van der Waals surface area (Å²) in [5.41, 5.74) is 1.97. The number of carbonyl (C=O) groups excluding carboxylic acids is 1. The first-order valence-electron chi connectivity index (χ1n) is 10.4. The Morgan fingerprint density at radius 2 is 2.07 bits per heavy atom. The van der Waals surface area contributed by atoms with Gasteiger partial charge in [0, 0.05) is 39.0 Å². The zero-order valence-corrected chi connectivity index (χ0v) is 17.4. The van der Waals surface area contributed by atoms with Crippen LogP contribution in [0.4, 0.5) is 4.79 Å². The zero-order valence-electron chi connectivity index (χ0n) is 17.4. The lowest BCUT2D eigenvalue weighted by atomic mass is 10.0. The van der Waals surface area contributed by atoms with Gasteiger partial charge in [0.05, 0.1) is 19.8 Å². The van der Waals surface area contributed by atoms with Gasteiger partial charge in [-0.3, -0.25) is 0 Å². The number of terminal acetylenes is 1. The highest BCUT2D eigenvalue weighted by atomic mass is 16.7. The molecule has 0 aliphatic carbocycles. The Kier molecular flexibility index (Phi) is 7.40. The first-order valence-corrected chi connectivity index (χ1v) is 10.4. The second-order valence-electron chi connectivity index (χ2n) is 7.96. The molecule has 1 aromatic carbocycles. The lowest BCUT2D eigenvalue weighted by Gasteiger charge is -2.32. The minimum absolute atomic E-state index is 0.237. The molecule has 2 aliphatic rings. The zero-order chi connectivity index (χ0) is 20.7. The monoisotopic (exact) mass is 401 g/mol. The van der Waals surface area contributed by atoms with Gasteiger partial charge in [-0.05, 0) is 30.5 Å². The van der Waals surface area contributed by atoms with Crippen molar-refractivity contribution < 1.29 is 23.7 Å². The summed E-state index contributed by atoms with van der Waals surface area (Å²) in [4.78, 5) is 14.0. The molecule has 3 rings (SSSR count). The SMILES string of the molecule is C#CCCOCCCCCCN1C[C@H](c2ccc3c(c2)COC(C)(C)O3)OC1=O. The molecule has 29 heavy (non-hydrogen) atoms. The van der Waals surface area contributed by atoms with Crippen LogP contribution in [0, 0.1) is 12.3 Å². The number of cyclic esters (lactones) is 1. The largest absolute Gasteiger partial charge is 0.463 e. The second-order valence-corrected chi connectivity index (χ2v) is 7.96. The van der Waals surface area contributed by atoms with Crippen LogP contribution in [0.25, 0.3) is 0 Å². The molecule has 1 fully saturated rings. The fourth-order valence-corrected chi connectivity index (χ4v) is 3.52. The van der Waals surface area contributed by atoms with Crippen LogP contribution < -0.4 is 4.74 Å². The molecule has 0 spiro atoms. The van der Waals surface area contributed by atoms with Gasteiger partial charge in [0.15, 0.2) is 0 Å². The van der Waals surface area contributed by atoms with Gasteiger partial charge >= 0.3 is 6.09 Å². The van der Waals surface area contributed by atoms with Crippen molar-refractivity contribution in [3.05, 3.63) is 29.3 Å². The Labute approximate surface area is 173 Å². The summed E-state index contributed by atoms with van der Waals surface area (Å²) >= 11 is 0. The number of rotatable bonds is 10. The molecule has 1 aromatic rings. The van der Waals surface area contributed by atoms with Crippen LogP contribution in [0.5, 0.6) is 5.75 Å². The van der Waals surface area contributed by atoms with E-state index in [1.807, 2.05) is 32.0 Å². The molecule has 1 saturated heterocycles. The van der Waals surface area contributed by atoms with Crippen LogP contribution in [0.1, 0.15) is 63.2 Å². The standard InChI is InChI=1S/C23H31NO5/c1-4-5-13-26-14-9-7-6-8-12-24-16-21(28-22(24)25)18-10-11-20-19(15-18)17-27-23(2,3)29-20/h1,10-11,15,21H,5-9,12-14,16-17H2,2-3H3/t21-/m1/s1. The molecule has 0 bridgehead atoms. The predicted octanol–water partition coefficient (Wildman–Crippen LogP) is 4.43. The minimum Gasteiger partial charge on any atom is -0.463 e. The molecular weight excluding hydrogens is 370 g/mol. The molecule has 158 valence electrons. The third-order valence-electron chi connectivity index (χ3n) is 5.13. The molecular formula is C23H31NO5. The van der Waals surface area contributed by atoms with Crippen molar-refractivity contribution in [1.29, 1.82) is 0 Å². The van der Waals surface area contributed by atoms with Gasteiger partial charge in [-0.1, -0.05) is 18.9 Å². The highest BCUT2D eigenvalue weighted by Crippen LogP contribution is 2.35. The Bertz CT molecular complexity index is 739. The summed E-state index contributed by atoms with van der Waals surface area (Å²) in [5.74, 6) is 2.78. The number of benzene rings is 1. The van der Waals surface area contributed by atoms with Gasteiger partial charge in [-0.25, -0.2) is 4.79 Å². The number of nitrogens with zero attached hydrogens (tertiary/aromatic N) is 1. The van der Waals surface area contributed by atoms with Gasteiger partial charge in [0.2, 0.25) is 5.79 Å². The van der Waals surface area contributed by atoms with Crippen molar-refractivity contribution in [2.45, 2.75) is 64.4 Å². The quantitative estimate of drug-likeness (QED) is 0.429. The van der Waals surface area contributed by atoms with Crippen LogP contribution in [0.2, 0.25) is 0 Å². The summed E-state index contributed by atoms with van der Waals surface area (Å²) < 4.78 is 22.6. The minimum atomic E-state index is -0.612. The van der Waals surface area contributed by atoms with E-state index in [9.17, 15) is 4.79 Å². The number of hydrogen-bond acceptors (Lipinski definition) is 5. The molecule has 0 N–H and O–H groups in total. The van der Waals surface area contributed by atoms with Gasteiger partial charge in [-0.2, -0.15) is 0 Å². The number of unbranched alkanes of at least 4 members (excludes halogenated alkanes) is 3. The van der Waals surface area contributed by atoms with Crippen LogP contribution in [-0.2, 0) is 20.8 Å². The van der Waals surface area contributed by atoms with Crippen LogP contribution >= 0.6 is 0 Å². The maximum absolute atomic E-state index is 12.2. The van der Waals surface area contributed by atoms with E-state index in [0.717, 1.165) is 55.7 Å². The lowest BCUT2D eigenvalue weighted by molar-refractivity contribution is -0.180. The highest BCUT2D eigenvalue weighted by Gasteiger charge is 2.33. The van der Waals surface area contributed by atoms with Crippen LogP contribution in [0.3, 0.4) is 0 Å². The number of hydrogen-bond donors (Lipinski definition) is 0. The Morgan fingerprint density at radius 1 is 1.24 bits per heavy atom. The number of ether oxygens (including phenoxy) is 4. The van der Waals surface area contributed by atoms with Crippen LogP contribution in [0.15, 0.2) is 18.2 Å².